The van der Waals surface area contributed by atoms with E-state index in [0.717, 1.165) is 53.8 Å². The van der Waals surface area contributed by atoms with Gasteiger partial charge in [-0.25, -0.2) is 9.50 Å². The van der Waals surface area contributed by atoms with E-state index < -0.39 is 0 Å². The molecule has 1 fully saturated rings. The highest BCUT2D eigenvalue weighted by molar-refractivity contribution is 5.80. The topological polar surface area (TPSA) is 82.9 Å². The molecule has 5 rings (SSSR count). The molecule has 1 atom stereocenters. The molecule has 0 amide bonds. The Kier molecular flexibility index (Phi) is 5.13. The van der Waals surface area contributed by atoms with Gasteiger partial charge in [0.15, 0.2) is 0 Å². The molecule has 0 N–H and O–H groups in total. The first-order chi connectivity index (χ1) is 15.1. The minimum atomic E-state index is 0.363. The Labute approximate surface area is 180 Å². The molecule has 4 aromatic rings. The van der Waals surface area contributed by atoms with Crippen LogP contribution >= 0.6 is 0 Å². The summed E-state index contributed by atoms with van der Waals surface area (Å²) >= 11 is 0. The maximum Gasteiger partial charge on any atom is 0.133 e. The lowest BCUT2D eigenvalue weighted by Gasteiger charge is -2.12. The van der Waals surface area contributed by atoms with Crippen molar-refractivity contribution in [2.24, 2.45) is 5.92 Å². The van der Waals surface area contributed by atoms with E-state index in [-0.39, 0.29) is 0 Å². The standard InChI is InChI=1S/C23H27N7O/c1-3-19(4-2)29-14-18(11-26-29)23-22-7-8-24-30(22)15-21(27-23)17-10-25-28(13-17)12-16-5-6-20(31)9-16/h7-8,10-11,13-16,19H,3-6,9,12H2,1-2H3/t16-/m1/s1. The van der Waals surface area contributed by atoms with Crippen molar-refractivity contribution < 1.29 is 4.79 Å². The second-order valence-corrected chi connectivity index (χ2v) is 8.41. The van der Waals surface area contributed by atoms with Crippen LogP contribution in [0.3, 0.4) is 0 Å². The molecule has 0 bridgehead atoms. The fourth-order valence-electron chi connectivity index (χ4n) is 4.51. The van der Waals surface area contributed by atoms with E-state index in [4.69, 9.17) is 4.98 Å². The number of hydrogen-bond acceptors (Lipinski definition) is 5. The van der Waals surface area contributed by atoms with Crippen LogP contribution in [-0.4, -0.2) is 39.9 Å². The molecule has 0 unspecified atom stereocenters. The summed E-state index contributed by atoms with van der Waals surface area (Å²) in [5.41, 5.74) is 4.55. The summed E-state index contributed by atoms with van der Waals surface area (Å²) in [6.45, 7) is 5.14. The van der Waals surface area contributed by atoms with Crippen LogP contribution in [0.15, 0.2) is 43.2 Å². The Balaban J connectivity index is 1.48. The Hall–Kier alpha value is -3.29. The molecule has 1 aliphatic rings. The maximum absolute atomic E-state index is 11.6. The Morgan fingerprint density at radius 1 is 1.06 bits per heavy atom. The van der Waals surface area contributed by atoms with Crippen molar-refractivity contribution in [2.45, 2.75) is 58.5 Å². The van der Waals surface area contributed by atoms with Crippen LogP contribution in [0.25, 0.3) is 28.0 Å². The minimum absolute atomic E-state index is 0.363. The van der Waals surface area contributed by atoms with Gasteiger partial charge < -0.3 is 0 Å². The Morgan fingerprint density at radius 2 is 1.90 bits per heavy atom. The maximum atomic E-state index is 11.6. The third-order valence-electron chi connectivity index (χ3n) is 6.30. The molecule has 0 radical (unpaired) electrons. The molecule has 8 nitrogen and oxygen atoms in total. The van der Waals surface area contributed by atoms with E-state index in [2.05, 4.69) is 35.3 Å². The number of ketones is 1. The van der Waals surface area contributed by atoms with Gasteiger partial charge in [-0.15, -0.1) is 0 Å². The van der Waals surface area contributed by atoms with Gasteiger partial charge in [-0.2, -0.15) is 15.3 Å². The highest BCUT2D eigenvalue weighted by atomic mass is 16.1. The summed E-state index contributed by atoms with van der Waals surface area (Å²) in [5.74, 6) is 0.745. The third kappa shape index (κ3) is 3.78. The van der Waals surface area contributed by atoms with Crippen LogP contribution < -0.4 is 0 Å². The highest BCUT2D eigenvalue weighted by Gasteiger charge is 2.23. The molecular formula is C23H27N7O. The largest absolute Gasteiger partial charge is 0.300 e. The fourth-order valence-corrected chi connectivity index (χ4v) is 4.51. The SMILES string of the molecule is CCC(CC)n1cc(-c2nc(-c3cnn(C[C@@H]4CCC(=O)C4)c3)cn3nccc23)cn1. The quantitative estimate of drug-likeness (QED) is 0.450. The normalized spacial score (nSPS) is 16.7. The molecular weight excluding hydrogens is 390 g/mol. The molecule has 0 aliphatic heterocycles. The monoisotopic (exact) mass is 417 g/mol. The predicted octanol–water partition coefficient (Wildman–Crippen LogP) is 4.19. The highest BCUT2D eigenvalue weighted by Crippen LogP contribution is 2.28. The molecule has 4 heterocycles. The smallest absolute Gasteiger partial charge is 0.133 e. The molecule has 0 aromatic carbocycles. The van der Waals surface area contributed by atoms with Crippen LogP contribution in [0.1, 0.15) is 52.0 Å². The van der Waals surface area contributed by atoms with Gasteiger partial charge in [0.1, 0.15) is 5.78 Å². The van der Waals surface area contributed by atoms with Crippen molar-refractivity contribution in [1.82, 2.24) is 34.2 Å². The molecule has 1 saturated carbocycles. The average Bonchev–Trinajstić information content (AvgIpc) is 3.56. The lowest BCUT2D eigenvalue weighted by molar-refractivity contribution is -0.117. The number of carbonyl (C=O) groups is 1. The number of aromatic nitrogens is 7. The van der Waals surface area contributed by atoms with Crippen molar-refractivity contribution >= 4 is 11.3 Å². The van der Waals surface area contributed by atoms with Gasteiger partial charge in [-0.3, -0.25) is 14.2 Å². The number of carbonyl (C=O) groups excluding carboxylic acids is 1. The van der Waals surface area contributed by atoms with Crippen LogP contribution in [0.4, 0.5) is 0 Å². The zero-order valence-electron chi connectivity index (χ0n) is 18.0. The van der Waals surface area contributed by atoms with Crippen LogP contribution in [0.5, 0.6) is 0 Å². The van der Waals surface area contributed by atoms with Gasteiger partial charge in [0, 0.05) is 42.9 Å². The summed E-state index contributed by atoms with van der Waals surface area (Å²) in [5, 5.41) is 13.6. The molecule has 4 aromatic heterocycles. The van der Waals surface area contributed by atoms with Gasteiger partial charge in [0.2, 0.25) is 0 Å². The summed E-state index contributed by atoms with van der Waals surface area (Å²) < 4.78 is 5.83. The third-order valence-corrected chi connectivity index (χ3v) is 6.30. The second kappa shape index (κ2) is 8.09. The Morgan fingerprint density at radius 3 is 2.68 bits per heavy atom. The lowest BCUT2D eigenvalue weighted by atomic mass is 10.1. The molecule has 0 saturated heterocycles. The molecule has 160 valence electrons. The number of fused-ring (bicyclic) bond motifs is 1. The minimum Gasteiger partial charge on any atom is -0.300 e. The summed E-state index contributed by atoms with van der Waals surface area (Å²) in [6, 6.07) is 2.36. The zero-order chi connectivity index (χ0) is 21.4. The number of Topliss-reactive ketones (excluding diaryl/α,β-unsaturated/α-hetero) is 1. The van der Waals surface area contributed by atoms with Gasteiger partial charge in [0.05, 0.1) is 47.7 Å². The number of nitrogens with zero attached hydrogens (tertiary/aromatic N) is 7. The van der Waals surface area contributed by atoms with E-state index in [1.54, 1.807) is 6.20 Å². The van der Waals surface area contributed by atoms with Crippen LogP contribution in [-0.2, 0) is 11.3 Å². The molecule has 0 spiro atoms. The van der Waals surface area contributed by atoms with E-state index >= 15 is 0 Å². The average molecular weight is 418 g/mol. The predicted molar refractivity (Wildman–Crippen MR) is 117 cm³/mol. The summed E-state index contributed by atoms with van der Waals surface area (Å²) in [6.07, 6.45) is 15.9. The van der Waals surface area contributed by atoms with Gasteiger partial charge >= 0.3 is 0 Å². The summed E-state index contributed by atoms with van der Waals surface area (Å²) in [7, 11) is 0. The van der Waals surface area contributed by atoms with E-state index in [9.17, 15) is 4.79 Å². The van der Waals surface area contributed by atoms with Crippen LogP contribution in [0, 0.1) is 5.92 Å². The van der Waals surface area contributed by atoms with Gasteiger partial charge in [-0.05, 0) is 31.2 Å². The van der Waals surface area contributed by atoms with Crippen molar-refractivity contribution in [3.63, 3.8) is 0 Å². The van der Waals surface area contributed by atoms with Gasteiger partial charge in [-0.1, -0.05) is 13.8 Å². The van der Waals surface area contributed by atoms with Crippen LogP contribution in [0.2, 0.25) is 0 Å². The Bertz CT molecular complexity index is 1210. The van der Waals surface area contributed by atoms with Crippen molar-refractivity contribution in [3.05, 3.63) is 43.2 Å². The number of rotatable bonds is 7. The first-order valence-corrected chi connectivity index (χ1v) is 11.1. The van der Waals surface area contributed by atoms with Crippen molar-refractivity contribution in [2.75, 3.05) is 0 Å². The lowest BCUT2D eigenvalue weighted by Crippen LogP contribution is -2.08. The molecule has 8 heteroatoms. The molecule has 31 heavy (non-hydrogen) atoms. The molecule has 1 aliphatic carbocycles. The van der Waals surface area contributed by atoms with Gasteiger partial charge in [0.25, 0.3) is 0 Å². The van der Waals surface area contributed by atoms with Crippen molar-refractivity contribution in [3.8, 4) is 22.5 Å². The first kappa shape index (κ1) is 19.7. The van der Waals surface area contributed by atoms with Crippen molar-refractivity contribution in [1.29, 1.82) is 0 Å². The summed E-state index contributed by atoms with van der Waals surface area (Å²) in [4.78, 5) is 16.5. The van der Waals surface area contributed by atoms with E-state index in [0.29, 0.717) is 30.6 Å². The second-order valence-electron chi connectivity index (χ2n) is 8.41. The van der Waals surface area contributed by atoms with E-state index in [1.165, 1.54) is 0 Å². The first-order valence-electron chi connectivity index (χ1n) is 11.1. The van der Waals surface area contributed by atoms with E-state index in [1.807, 2.05) is 44.7 Å². The number of hydrogen-bond donors (Lipinski definition) is 0. The zero-order valence-corrected chi connectivity index (χ0v) is 18.0. The fraction of sp³-hybridized carbons (Fsp3) is 0.435.